The molecule has 1 fully saturated rings. The van der Waals surface area contributed by atoms with Gasteiger partial charge in [-0.05, 0) is 31.9 Å². The summed E-state index contributed by atoms with van der Waals surface area (Å²) >= 11 is 0. The molecule has 1 saturated heterocycles. The van der Waals surface area contributed by atoms with Crippen molar-refractivity contribution in [3.63, 3.8) is 0 Å². The normalized spacial score (nSPS) is 13.6. The van der Waals surface area contributed by atoms with Crippen LogP contribution in [0.3, 0.4) is 0 Å². The fourth-order valence-corrected chi connectivity index (χ4v) is 3.30. The summed E-state index contributed by atoms with van der Waals surface area (Å²) in [6.45, 7) is 4.15. The summed E-state index contributed by atoms with van der Waals surface area (Å²) in [5, 5.41) is 1.12. The molecule has 0 saturated carbocycles. The average Bonchev–Trinajstić information content (AvgIpc) is 3.39. The van der Waals surface area contributed by atoms with E-state index in [-0.39, 0.29) is 0 Å². The zero-order chi connectivity index (χ0) is 18.6. The number of para-hydroxylation sites is 1. The Kier molecular flexibility index (Phi) is 4.82. The number of rotatable bonds is 2. The summed E-state index contributed by atoms with van der Waals surface area (Å²) in [4.78, 5) is 22.3. The zero-order valence-electron chi connectivity index (χ0n) is 15.5. The molecule has 0 aliphatic carbocycles. The predicted octanol–water partition coefficient (Wildman–Crippen LogP) is 3.50. The Labute approximate surface area is 157 Å². The van der Waals surface area contributed by atoms with Crippen molar-refractivity contribution in [2.45, 2.75) is 19.8 Å². The number of benzene rings is 1. The number of hydrogen-bond acceptors (Lipinski definition) is 6. The van der Waals surface area contributed by atoms with Crippen LogP contribution >= 0.6 is 0 Å². The van der Waals surface area contributed by atoms with Crippen molar-refractivity contribution in [2.75, 3.05) is 25.1 Å². The van der Waals surface area contributed by atoms with E-state index in [4.69, 9.17) is 4.74 Å². The number of methoxy groups -OCH3 is 1. The van der Waals surface area contributed by atoms with Crippen LogP contribution in [0.4, 0.5) is 5.82 Å². The van der Waals surface area contributed by atoms with Crippen LogP contribution in [0.25, 0.3) is 22.1 Å². The van der Waals surface area contributed by atoms with E-state index in [1.807, 2.05) is 31.2 Å². The van der Waals surface area contributed by atoms with Gasteiger partial charge in [-0.2, -0.15) is 0 Å². The molecular weight excluding hydrogens is 340 g/mol. The van der Waals surface area contributed by atoms with Gasteiger partial charge in [-0.3, -0.25) is 0 Å². The Morgan fingerprint density at radius 2 is 1.89 bits per heavy atom. The smallest absolute Gasteiger partial charge is 0.182 e. The lowest BCUT2D eigenvalue weighted by molar-refractivity contribution is 0.419. The van der Waals surface area contributed by atoms with Crippen LogP contribution in [0.2, 0.25) is 0 Å². The van der Waals surface area contributed by atoms with Crippen molar-refractivity contribution in [1.29, 1.82) is 0 Å². The topological polar surface area (TPSA) is 79.8 Å². The largest absolute Gasteiger partial charge is 0.494 e. The van der Waals surface area contributed by atoms with Gasteiger partial charge in [-0.25, -0.2) is 19.9 Å². The van der Waals surface area contributed by atoms with E-state index in [0.29, 0.717) is 0 Å². The molecule has 4 heterocycles. The highest BCUT2D eigenvalue weighted by Gasteiger charge is 2.17. The molecule has 3 aromatic heterocycles. The van der Waals surface area contributed by atoms with Crippen molar-refractivity contribution < 1.29 is 4.74 Å². The third-order valence-electron chi connectivity index (χ3n) is 4.65. The monoisotopic (exact) mass is 362 g/mol. The SMILES string of the molecule is COc1cccc2ccc(C)nc12.c1nc(N2CCCC2)c2[nH]cnc2n1. The molecule has 0 bridgehead atoms. The number of anilines is 1. The Hall–Kier alpha value is -3.22. The molecule has 7 nitrogen and oxygen atoms in total. The van der Waals surface area contributed by atoms with Gasteiger partial charge in [0.25, 0.3) is 0 Å². The van der Waals surface area contributed by atoms with E-state index in [9.17, 15) is 0 Å². The molecule has 138 valence electrons. The summed E-state index contributed by atoms with van der Waals surface area (Å²) in [6.07, 6.45) is 5.75. The molecule has 1 N–H and O–H groups in total. The maximum Gasteiger partial charge on any atom is 0.182 e. The highest BCUT2D eigenvalue weighted by atomic mass is 16.5. The molecule has 1 aliphatic rings. The second-order valence-electron chi connectivity index (χ2n) is 6.48. The first-order chi connectivity index (χ1) is 13.3. The van der Waals surface area contributed by atoms with Crippen LogP contribution in [0, 0.1) is 6.92 Å². The van der Waals surface area contributed by atoms with Crippen molar-refractivity contribution in [3.05, 3.63) is 48.7 Å². The molecule has 1 aromatic carbocycles. The Morgan fingerprint density at radius 3 is 2.70 bits per heavy atom. The predicted molar refractivity (Wildman–Crippen MR) is 106 cm³/mol. The first-order valence-electron chi connectivity index (χ1n) is 9.05. The number of aromatic nitrogens is 5. The lowest BCUT2D eigenvalue weighted by Gasteiger charge is -2.15. The van der Waals surface area contributed by atoms with E-state index < -0.39 is 0 Å². The molecule has 0 unspecified atom stereocenters. The minimum Gasteiger partial charge on any atom is -0.494 e. The Bertz CT molecular complexity index is 1050. The third kappa shape index (κ3) is 3.53. The van der Waals surface area contributed by atoms with Crippen LogP contribution in [0.15, 0.2) is 43.0 Å². The van der Waals surface area contributed by atoms with Gasteiger partial charge >= 0.3 is 0 Å². The lowest BCUT2D eigenvalue weighted by atomic mass is 10.2. The van der Waals surface area contributed by atoms with Crippen LogP contribution in [-0.2, 0) is 0 Å². The van der Waals surface area contributed by atoms with Crippen LogP contribution in [0.5, 0.6) is 5.75 Å². The van der Waals surface area contributed by atoms with Gasteiger partial charge in [-0.15, -0.1) is 0 Å². The summed E-state index contributed by atoms with van der Waals surface area (Å²) in [5.41, 5.74) is 3.65. The van der Waals surface area contributed by atoms with Gasteiger partial charge in [-0.1, -0.05) is 18.2 Å². The van der Waals surface area contributed by atoms with E-state index in [1.165, 1.54) is 12.8 Å². The second-order valence-corrected chi connectivity index (χ2v) is 6.48. The zero-order valence-corrected chi connectivity index (χ0v) is 15.5. The van der Waals surface area contributed by atoms with E-state index in [2.05, 4.69) is 35.9 Å². The third-order valence-corrected chi connectivity index (χ3v) is 4.65. The maximum atomic E-state index is 5.22. The quantitative estimate of drug-likeness (QED) is 0.588. The molecule has 0 radical (unpaired) electrons. The summed E-state index contributed by atoms with van der Waals surface area (Å²) < 4.78 is 5.22. The minimum absolute atomic E-state index is 0.752. The Morgan fingerprint density at radius 1 is 1.04 bits per heavy atom. The first kappa shape index (κ1) is 17.2. The molecule has 5 rings (SSSR count). The van der Waals surface area contributed by atoms with Crippen LogP contribution in [0.1, 0.15) is 18.5 Å². The molecule has 0 atom stereocenters. The number of imidazole rings is 1. The molecule has 27 heavy (non-hydrogen) atoms. The number of H-pyrrole nitrogens is 1. The number of nitrogens with zero attached hydrogens (tertiary/aromatic N) is 5. The van der Waals surface area contributed by atoms with Gasteiger partial charge < -0.3 is 14.6 Å². The van der Waals surface area contributed by atoms with Gasteiger partial charge in [0.2, 0.25) is 0 Å². The maximum absolute atomic E-state index is 5.22. The fourth-order valence-electron chi connectivity index (χ4n) is 3.30. The van der Waals surface area contributed by atoms with Gasteiger partial charge in [0.1, 0.15) is 23.1 Å². The van der Waals surface area contributed by atoms with Gasteiger partial charge in [0.05, 0.1) is 13.4 Å². The number of aryl methyl sites for hydroxylation is 1. The van der Waals surface area contributed by atoms with Gasteiger partial charge in [0, 0.05) is 24.2 Å². The molecule has 0 amide bonds. The van der Waals surface area contributed by atoms with Crippen molar-refractivity contribution >= 4 is 27.9 Å². The number of hydrogen-bond donors (Lipinski definition) is 1. The lowest BCUT2D eigenvalue weighted by Crippen LogP contribution is -2.19. The van der Waals surface area contributed by atoms with Gasteiger partial charge in [0.15, 0.2) is 11.5 Å². The highest BCUT2D eigenvalue weighted by Crippen LogP contribution is 2.24. The average molecular weight is 362 g/mol. The number of nitrogens with one attached hydrogen (secondary N) is 1. The summed E-state index contributed by atoms with van der Waals surface area (Å²) in [7, 11) is 1.67. The van der Waals surface area contributed by atoms with Crippen LogP contribution < -0.4 is 9.64 Å². The minimum atomic E-state index is 0.752. The summed E-state index contributed by atoms with van der Waals surface area (Å²) in [5.74, 6) is 1.83. The number of pyridine rings is 1. The molecule has 1 aliphatic heterocycles. The second kappa shape index (κ2) is 7.57. The molecule has 4 aromatic rings. The first-order valence-corrected chi connectivity index (χ1v) is 9.05. The van der Waals surface area contributed by atoms with Crippen LogP contribution in [-0.4, -0.2) is 45.1 Å². The van der Waals surface area contributed by atoms with E-state index in [1.54, 1.807) is 19.8 Å². The molecule has 7 heteroatoms. The molecular formula is C20H22N6O. The molecule has 0 spiro atoms. The Balaban J connectivity index is 0.000000134. The van der Waals surface area contributed by atoms with Crippen molar-refractivity contribution in [3.8, 4) is 5.75 Å². The number of fused-ring (bicyclic) bond motifs is 2. The number of ether oxygens (including phenoxy) is 1. The highest BCUT2D eigenvalue weighted by molar-refractivity contribution is 5.84. The fraction of sp³-hybridized carbons (Fsp3) is 0.300. The van der Waals surface area contributed by atoms with E-state index >= 15 is 0 Å². The van der Waals surface area contributed by atoms with Crippen molar-refractivity contribution in [1.82, 2.24) is 24.9 Å². The standard InChI is InChI=1S/C11H11NO.C9H11N5/c1-8-6-7-9-4-3-5-10(13-2)11(9)12-8;1-2-4-14(3-1)9-7-8(11-5-10-7)12-6-13-9/h3-7H,1-2H3;5-6H,1-4H2,(H,10,11,12,13). The summed E-state index contributed by atoms with van der Waals surface area (Å²) in [6, 6.07) is 9.99. The number of aromatic amines is 1. The van der Waals surface area contributed by atoms with Crippen molar-refractivity contribution in [2.24, 2.45) is 0 Å². The van der Waals surface area contributed by atoms with E-state index in [0.717, 1.165) is 52.4 Å².